The molecule has 1 aromatic heterocycles. The fourth-order valence-electron chi connectivity index (χ4n) is 1.51. The Morgan fingerprint density at radius 2 is 2.16 bits per heavy atom. The Bertz CT molecular complexity index is 584. The van der Waals surface area contributed by atoms with Gasteiger partial charge >= 0.3 is 5.97 Å². The molecule has 0 unspecified atom stereocenters. The number of aromatic nitrogens is 2. The summed E-state index contributed by atoms with van der Waals surface area (Å²) in [4.78, 5) is 19.4. The number of hydrogen-bond donors (Lipinski definition) is 1. The Balaban J connectivity index is 2.13. The van der Waals surface area contributed by atoms with Crippen molar-refractivity contribution in [3.63, 3.8) is 0 Å². The molecule has 0 aliphatic rings. The zero-order chi connectivity index (χ0) is 13.7. The van der Waals surface area contributed by atoms with Gasteiger partial charge in [0.2, 0.25) is 0 Å². The highest BCUT2D eigenvalue weighted by Crippen LogP contribution is 2.20. The summed E-state index contributed by atoms with van der Waals surface area (Å²) < 4.78 is 5.15. The van der Waals surface area contributed by atoms with Crippen LogP contribution in [0.5, 0.6) is 5.75 Å². The quantitative estimate of drug-likeness (QED) is 0.674. The molecule has 2 rings (SSSR count). The first-order chi connectivity index (χ1) is 9.17. The molecule has 5 nitrogen and oxygen atoms in total. The van der Waals surface area contributed by atoms with E-state index in [9.17, 15) is 4.79 Å². The minimum atomic E-state index is -0.255. The summed E-state index contributed by atoms with van der Waals surface area (Å²) in [5, 5.41) is 3.13. The Morgan fingerprint density at radius 3 is 2.89 bits per heavy atom. The number of nitrogens with zero attached hydrogens (tertiary/aromatic N) is 2. The molecular formula is C14H15N3O2. The van der Waals surface area contributed by atoms with Crippen molar-refractivity contribution in [2.24, 2.45) is 0 Å². The molecule has 5 heteroatoms. The van der Waals surface area contributed by atoms with Crippen LogP contribution in [-0.2, 0) is 4.79 Å². The molecule has 1 aromatic carbocycles. The molecule has 0 amide bonds. The molecule has 2 aromatic rings. The normalized spacial score (nSPS) is 10.0. The van der Waals surface area contributed by atoms with Gasteiger partial charge in [-0.25, -0.2) is 9.97 Å². The second-order valence-corrected chi connectivity index (χ2v) is 4.03. The first-order valence-corrected chi connectivity index (χ1v) is 6.04. The molecule has 0 aliphatic heterocycles. The summed E-state index contributed by atoms with van der Waals surface area (Å²) in [6.07, 6.45) is 1.85. The first kappa shape index (κ1) is 13.0. The van der Waals surface area contributed by atoms with Crippen LogP contribution < -0.4 is 10.1 Å². The fourth-order valence-corrected chi connectivity index (χ4v) is 1.51. The maximum atomic E-state index is 11.2. The number of nitrogens with one attached hydrogen (secondary N) is 1. The summed E-state index contributed by atoms with van der Waals surface area (Å²) >= 11 is 0. The van der Waals surface area contributed by atoms with Gasteiger partial charge in [-0.15, -0.1) is 0 Å². The third-order valence-corrected chi connectivity index (χ3v) is 2.43. The van der Waals surface area contributed by atoms with E-state index in [1.807, 2.05) is 25.1 Å². The molecule has 0 saturated carbocycles. The van der Waals surface area contributed by atoms with Gasteiger partial charge in [0.15, 0.2) is 0 Å². The van der Waals surface area contributed by atoms with Gasteiger partial charge in [0.05, 0.1) is 0 Å². The number of hydrogen-bond acceptors (Lipinski definition) is 5. The average Bonchev–Trinajstić information content (AvgIpc) is 2.39. The lowest BCUT2D eigenvalue weighted by Crippen LogP contribution is -2.05. The van der Waals surface area contributed by atoms with Gasteiger partial charge < -0.3 is 10.1 Å². The van der Waals surface area contributed by atoms with Crippen LogP contribution in [0.4, 0.5) is 11.5 Å². The maximum Gasteiger partial charge on any atom is 0.310 e. The second kappa shape index (κ2) is 5.95. The second-order valence-electron chi connectivity index (χ2n) is 4.03. The number of carbonyl (C=O) groups is 1. The van der Waals surface area contributed by atoms with Crippen LogP contribution in [0.1, 0.15) is 19.0 Å². The van der Waals surface area contributed by atoms with E-state index < -0.39 is 0 Å². The molecule has 0 atom stereocenters. The monoisotopic (exact) mass is 257 g/mol. The molecule has 0 saturated heterocycles. The largest absolute Gasteiger partial charge is 0.426 e. The summed E-state index contributed by atoms with van der Waals surface area (Å²) in [7, 11) is 0. The van der Waals surface area contributed by atoms with Crippen molar-refractivity contribution in [1.82, 2.24) is 9.97 Å². The third kappa shape index (κ3) is 3.77. The van der Waals surface area contributed by atoms with Crippen LogP contribution >= 0.6 is 0 Å². The third-order valence-electron chi connectivity index (χ3n) is 2.43. The first-order valence-electron chi connectivity index (χ1n) is 6.04. The molecule has 19 heavy (non-hydrogen) atoms. The number of benzene rings is 1. The van der Waals surface area contributed by atoms with Crippen LogP contribution in [-0.4, -0.2) is 15.9 Å². The summed E-state index contributed by atoms with van der Waals surface area (Å²) in [6.45, 7) is 3.65. The van der Waals surface area contributed by atoms with E-state index in [4.69, 9.17) is 4.74 Å². The molecule has 1 heterocycles. The van der Waals surface area contributed by atoms with E-state index in [1.54, 1.807) is 19.1 Å². The minimum absolute atomic E-state index is 0.255. The topological polar surface area (TPSA) is 64.1 Å². The lowest BCUT2D eigenvalue weighted by atomic mass is 10.3. The lowest BCUT2D eigenvalue weighted by molar-refractivity contribution is -0.134. The molecule has 0 spiro atoms. The van der Waals surface area contributed by atoms with E-state index in [1.165, 1.54) is 6.33 Å². The Labute approximate surface area is 111 Å². The summed E-state index contributed by atoms with van der Waals surface area (Å²) in [5.41, 5.74) is 1.69. The molecule has 0 bridgehead atoms. The molecular weight excluding hydrogens is 242 g/mol. The number of ether oxygens (including phenoxy) is 1. The fraction of sp³-hybridized carbons (Fsp3) is 0.214. The highest BCUT2D eigenvalue weighted by molar-refractivity contribution is 5.72. The van der Waals surface area contributed by atoms with Crippen LogP contribution in [0.15, 0.2) is 36.7 Å². The smallest absolute Gasteiger partial charge is 0.310 e. The maximum absolute atomic E-state index is 11.2. The zero-order valence-electron chi connectivity index (χ0n) is 10.9. The Kier molecular flexibility index (Phi) is 4.07. The van der Waals surface area contributed by atoms with Gasteiger partial charge in [-0.05, 0) is 19.1 Å². The number of anilines is 2. The van der Waals surface area contributed by atoms with Crippen molar-refractivity contribution in [3.05, 3.63) is 42.4 Å². The number of aryl methyl sites for hydroxylation is 1. The van der Waals surface area contributed by atoms with Gasteiger partial charge in [-0.2, -0.15) is 0 Å². The van der Waals surface area contributed by atoms with Crippen molar-refractivity contribution in [2.75, 3.05) is 5.32 Å². The van der Waals surface area contributed by atoms with E-state index in [0.29, 0.717) is 18.0 Å². The highest BCUT2D eigenvalue weighted by atomic mass is 16.5. The van der Waals surface area contributed by atoms with Crippen molar-refractivity contribution in [3.8, 4) is 5.75 Å². The Morgan fingerprint density at radius 1 is 1.32 bits per heavy atom. The lowest BCUT2D eigenvalue weighted by Gasteiger charge is -2.08. The molecule has 1 N–H and O–H groups in total. The van der Waals surface area contributed by atoms with Crippen molar-refractivity contribution in [1.29, 1.82) is 0 Å². The highest BCUT2D eigenvalue weighted by Gasteiger charge is 2.03. The standard InChI is InChI=1S/C14H15N3O2/c1-3-14(18)19-12-6-4-5-11(8-12)17-13-7-10(2)15-9-16-13/h4-9H,3H2,1-2H3,(H,15,16,17). The van der Waals surface area contributed by atoms with Crippen LogP contribution in [0.2, 0.25) is 0 Å². The van der Waals surface area contributed by atoms with Gasteiger partial charge in [0.25, 0.3) is 0 Å². The van der Waals surface area contributed by atoms with Gasteiger partial charge in [0, 0.05) is 29.9 Å². The zero-order valence-corrected chi connectivity index (χ0v) is 10.9. The number of esters is 1. The number of carbonyl (C=O) groups excluding carboxylic acids is 1. The van der Waals surface area contributed by atoms with E-state index in [0.717, 1.165) is 11.4 Å². The molecule has 98 valence electrons. The Hall–Kier alpha value is -2.43. The predicted octanol–water partition coefficient (Wildman–Crippen LogP) is 2.84. The van der Waals surface area contributed by atoms with E-state index in [2.05, 4.69) is 15.3 Å². The minimum Gasteiger partial charge on any atom is -0.426 e. The average molecular weight is 257 g/mol. The van der Waals surface area contributed by atoms with E-state index >= 15 is 0 Å². The van der Waals surface area contributed by atoms with Crippen LogP contribution in [0.25, 0.3) is 0 Å². The summed E-state index contributed by atoms with van der Waals surface area (Å²) in [6, 6.07) is 9.02. The van der Waals surface area contributed by atoms with Gasteiger partial charge in [0.1, 0.15) is 17.9 Å². The van der Waals surface area contributed by atoms with Crippen LogP contribution in [0, 0.1) is 6.92 Å². The number of rotatable bonds is 4. The van der Waals surface area contributed by atoms with Gasteiger partial charge in [-0.3, -0.25) is 4.79 Å². The molecule has 0 aliphatic carbocycles. The van der Waals surface area contributed by atoms with Crippen LogP contribution in [0.3, 0.4) is 0 Å². The summed E-state index contributed by atoms with van der Waals surface area (Å²) in [5.74, 6) is 0.962. The molecule has 0 fully saturated rings. The van der Waals surface area contributed by atoms with Crippen molar-refractivity contribution >= 4 is 17.5 Å². The predicted molar refractivity (Wildman–Crippen MR) is 72.4 cm³/mol. The van der Waals surface area contributed by atoms with E-state index in [-0.39, 0.29) is 5.97 Å². The van der Waals surface area contributed by atoms with Crippen molar-refractivity contribution < 1.29 is 9.53 Å². The molecule has 0 radical (unpaired) electrons. The van der Waals surface area contributed by atoms with Crippen molar-refractivity contribution in [2.45, 2.75) is 20.3 Å². The van der Waals surface area contributed by atoms with Gasteiger partial charge in [-0.1, -0.05) is 13.0 Å². The SMILES string of the molecule is CCC(=O)Oc1cccc(Nc2cc(C)ncn2)c1.